The highest BCUT2D eigenvalue weighted by Gasteiger charge is 2.18. The summed E-state index contributed by atoms with van der Waals surface area (Å²) in [5.74, 6) is -0.410. The molecule has 1 aromatic rings. The number of pyridine rings is 1. The van der Waals surface area contributed by atoms with Gasteiger partial charge in [-0.25, -0.2) is 8.78 Å². The van der Waals surface area contributed by atoms with E-state index in [-0.39, 0.29) is 0 Å². The van der Waals surface area contributed by atoms with E-state index in [4.69, 9.17) is 0 Å². The number of halogens is 3. The summed E-state index contributed by atoms with van der Waals surface area (Å²) in [4.78, 5) is 3.47. The lowest BCUT2D eigenvalue weighted by molar-refractivity contribution is 0.141. The molecule has 0 aliphatic heterocycles. The van der Waals surface area contributed by atoms with Crippen molar-refractivity contribution in [1.29, 1.82) is 0 Å². The van der Waals surface area contributed by atoms with Gasteiger partial charge in [0, 0.05) is 17.1 Å². The summed E-state index contributed by atoms with van der Waals surface area (Å²) in [6.45, 7) is 1.71. The summed E-state index contributed by atoms with van der Waals surface area (Å²) >= 11 is 3.11. The Hall–Kier alpha value is -0.710. The van der Waals surface area contributed by atoms with Crippen LogP contribution < -0.4 is 0 Å². The van der Waals surface area contributed by atoms with Gasteiger partial charge in [-0.1, -0.05) is 15.9 Å². The molecule has 0 saturated heterocycles. The lowest BCUT2D eigenvalue weighted by Gasteiger charge is -2.08. The number of hydrogen-bond donors (Lipinski definition) is 1. The molecule has 0 radical (unpaired) electrons. The Morgan fingerprint density at radius 1 is 1.62 bits per heavy atom. The van der Waals surface area contributed by atoms with Crippen molar-refractivity contribution in [3.63, 3.8) is 0 Å². The number of aromatic hydroxyl groups is 1. The second-order valence-electron chi connectivity index (χ2n) is 2.59. The molecule has 0 unspecified atom stereocenters. The number of nitrogens with zero attached hydrogens (tertiary/aromatic N) is 1. The van der Waals surface area contributed by atoms with E-state index in [0.717, 1.165) is 0 Å². The summed E-state index contributed by atoms with van der Waals surface area (Å²) in [6, 6.07) is 0. The highest BCUT2D eigenvalue weighted by atomic mass is 79.9. The molecule has 0 amide bonds. The van der Waals surface area contributed by atoms with Gasteiger partial charge in [-0.15, -0.1) is 0 Å². The highest BCUT2D eigenvalue weighted by Crippen LogP contribution is 2.31. The molecule has 1 rings (SSSR count). The first kappa shape index (κ1) is 10.4. The maximum atomic E-state index is 12.2. The first-order valence-corrected chi connectivity index (χ1v) is 4.71. The van der Waals surface area contributed by atoms with Crippen LogP contribution in [-0.2, 0) is 5.33 Å². The van der Waals surface area contributed by atoms with Gasteiger partial charge in [-0.05, 0) is 12.5 Å². The molecular formula is C8H8BrF2NO. The zero-order valence-electron chi connectivity index (χ0n) is 6.89. The number of aromatic nitrogens is 1. The second kappa shape index (κ2) is 4.00. The molecule has 2 nitrogen and oxygen atoms in total. The maximum Gasteiger partial charge on any atom is 0.284 e. The van der Waals surface area contributed by atoms with Crippen molar-refractivity contribution in [1.82, 2.24) is 4.98 Å². The molecule has 0 saturated carbocycles. The van der Waals surface area contributed by atoms with Crippen LogP contribution >= 0.6 is 15.9 Å². The van der Waals surface area contributed by atoms with Crippen molar-refractivity contribution in [2.24, 2.45) is 0 Å². The predicted molar refractivity (Wildman–Crippen MR) is 48.2 cm³/mol. The van der Waals surface area contributed by atoms with Crippen LogP contribution in [0.5, 0.6) is 5.75 Å². The zero-order chi connectivity index (χ0) is 10.0. The predicted octanol–water partition coefficient (Wildman–Crippen LogP) is 2.93. The Balaban J connectivity index is 3.27. The molecule has 1 aromatic heterocycles. The van der Waals surface area contributed by atoms with Crippen molar-refractivity contribution in [3.8, 4) is 5.75 Å². The first-order chi connectivity index (χ1) is 6.07. The van der Waals surface area contributed by atoms with E-state index >= 15 is 0 Å². The summed E-state index contributed by atoms with van der Waals surface area (Å²) in [7, 11) is 0. The van der Waals surface area contributed by atoms with Crippen LogP contribution in [0.3, 0.4) is 0 Å². The quantitative estimate of drug-likeness (QED) is 0.821. The van der Waals surface area contributed by atoms with Crippen LogP contribution in [0.15, 0.2) is 6.20 Å². The average molecular weight is 252 g/mol. The molecule has 72 valence electrons. The van der Waals surface area contributed by atoms with E-state index in [2.05, 4.69) is 20.9 Å². The standard InChI is InChI=1S/C8H8BrF2NO/c1-4-3-12-6(8(10)11)7(13)5(4)2-9/h3,8,13H,2H2,1H3. The van der Waals surface area contributed by atoms with Gasteiger partial charge in [0.1, 0.15) is 11.4 Å². The molecule has 0 fully saturated rings. The fraction of sp³-hybridized carbons (Fsp3) is 0.375. The Morgan fingerprint density at radius 2 is 2.23 bits per heavy atom. The van der Waals surface area contributed by atoms with Gasteiger partial charge in [-0.2, -0.15) is 0 Å². The normalized spacial score (nSPS) is 10.8. The minimum absolute atomic E-state index is 0.340. The van der Waals surface area contributed by atoms with Gasteiger partial charge in [-0.3, -0.25) is 4.98 Å². The summed E-state index contributed by atoms with van der Waals surface area (Å²) in [5, 5.41) is 9.71. The van der Waals surface area contributed by atoms with E-state index in [1.54, 1.807) is 6.92 Å². The molecule has 0 bridgehead atoms. The topological polar surface area (TPSA) is 33.1 Å². The summed E-state index contributed by atoms with van der Waals surface area (Å²) in [6.07, 6.45) is -1.41. The van der Waals surface area contributed by atoms with Gasteiger partial charge in [0.2, 0.25) is 0 Å². The van der Waals surface area contributed by atoms with Crippen molar-refractivity contribution in [2.45, 2.75) is 18.7 Å². The minimum atomic E-state index is -2.74. The van der Waals surface area contributed by atoms with Gasteiger partial charge < -0.3 is 5.11 Å². The van der Waals surface area contributed by atoms with Crippen molar-refractivity contribution in [2.75, 3.05) is 0 Å². The Labute approximate surface area is 82.7 Å². The van der Waals surface area contributed by atoms with Crippen LogP contribution in [0.1, 0.15) is 23.2 Å². The van der Waals surface area contributed by atoms with E-state index in [9.17, 15) is 13.9 Å². The second-order valence-corrected chi connectivity index (χ2v) is 3.15. The Morgan fingerprint density at radius 3 is 2.69 bits per heavy atom. The lowest BCUT2D eigenvalue weighted by atomic mass is 10.1. The van der Waals surface area contributed by atoms with Crippen molar-refractivity contribution >= 4 is 15.9 Å². The third-order valence-corrected chi connectivity index (χ3v) is 2.30. The summed E-state index contributed by atoms with van der Waals surface area (Å²) < 4.78 is 24.5. The molecule has 1 N–H and O–H groups in total. The number of alkyl halides is 3. The maximum absolute atomic E-state index is 12.2. The molecule has 13 heavy (non-hydrogen) atoms. The fourth-order valence-electron chi connectivity index (χ4n) is 0.975. The van der Waals surface area contributed by atoms with Crippen LogP contribution in [0.4, 0.5) is 8.78 Å². The minimum Gasteiger partial charge on any atom is -0.505 e. The molecule has 0 aliphatic rings. The number of rotatable bonds is 2. The average Bonchev–Trinajstić information content (AvgIpc) is 2.04. The smallest absolute Gasteiger partial charge is 0.284 e. The van der Waals surface area contributed by atoms with Gasteiger partial charge in [0.15, 0.2) is 0 Å². The number of hydrogen-bond acceptors (Lipinski definition) is 2. The van der Waals surface area contributed by atoms with E-state index in [1.165, 1.54) is 6.20 Å². The SMILES string of the molecule is Cc1cnc(C(F)F)c(O)c1CBr. The molecule has 1 heterocycles. The van der Waals surface area contributed by atoms with E-state index < -0.39 is 17.9 Å². The molecule has 0 spiro atoms. The highest BCUT2D eigenvalue weighted by molar-refractivity contribution is 9.08. The summed E-state index contributed by atoms with van der Waals surface area (Å²) in [5.41, 5.74) is 0.601. The van der Waals surface area contributed by atoms with E-state index in [1.807, 2.05) is 0 Å². The number of aryl methyl sites for hydroxylation is 1. The molecule has 0 aromatic carbocycles. The van der Waals surface area contributed by atoms with Gasteiger partial charge in [0.05, 0.1) is 0 Å². The lowest BCUT2D eigenvalue weighted by Crippen LogP contribution is -1.96. The van der Waals surface area contributed by atoms with Crippen LogP contribution in [0.25, 0.3) is 0 Å². The third-order valence-electron chi connectivity index (χ3n) is 1.74. The van der Waals surface area contributed by atoms with Crippen LogP contribution in [0.2, 0.25) is 0 Å². The Kier molecular flexibility index (Phi) is 3.19. The fourth-order valence-corrected chi connectivity index (χ4v) is 1.68. The van der Waals surface area contributed by atoms with E-state index in [0.29, 0.717) is 16.5 Å². The monoisotopic (exact) mass is 251 g/mol. The zero-order valence-corrected chi connectivity index (χ0v) is 8.48. The van der Waals surface area contributed by atoms with Crippen molar-refractivity contribution in [3.05, 3.63) is 23.0 Å². The Bertz CT molecular complexity index is 317. The van der Waals surface area contributed by atoms with Crippen LogP contribution in [-0.4, -0.2) is 10.1 Å². The molecule has 0 aliphatic carbocycles. The molecule has 0 atom stereocenters. The van der Waals surface area contributed by atoms with Gasteiger partial charge in [0.25, 0.3) is 6.43 Å². The first-order valence-electron chi connectivity index (χ1n) is 3.59. The van der Waals surface area contributed by atoms with Crippen molar-refractivity contribution < 1.29 is 13.9 Å². The van der Waals surface area contributed by atoms with Crippen LogP contribution in [0, 0.1) is 6.92 Å². The largest absolute Gasteiger partial charge is 0.505 e. The third kappa shape index (κ3) is 1.96. The van der Waals surface area contributed by atoms with Gasteiger partial charge >= 0.3 is 0 Å². The molecular weight excluding hydrogens is 244 g/mol. The molecule has 5 heteroatoms.